The molecule has 2 rings (SSSR count). The molecule has 92 valence electrons. The molecule has 18 heavy (non-hydrogen) atoms. The fourth-order valence-electron chi connectivity index (χ4n) is 1.61. The summed E-state index contributed by atoms with van der Waals surface area (Å²) in [5.74, 6) is -0.273. The fraction of sp³-hybridized carbons (Fsp3) is 0.133. The van der Waals surface area contributed by atoms with Gasteiger partial charge in [-0.15, -0.1) is 0 Å². The van der Waals surface area contributed by atoms with Crippen molar-refractivity contribution >= 4 is 21.9 Å². The first-order valence-corrected chi connectivity index (χ1v) is 6.51. The monoisotopic (exact) mass is 304 g/mol. The second-order valence-electron chi connectivity index (χ2n) is 3.88. The topological polar surface area (TPSA) is 26.3 Å². The Morgan fingerprint density at radius 3 is 2.56 bits per heavy atom. The van der Waals surface area contributed by atoms with E-state index in [4.69, 9.17) is 4.74 Å². The van der Waals surface area contributed by atoms with E-state index in [1.54, 1.807) is 12.1 Å². The number of halogens is 1. The summed E-state index contributed by atoms with van der Waals surface area (Å²) >= 11 is 3.41. The molecule has 0 spiro atoms. The van der Waals surface area contributed by atoms with Crippen LogP contribution in [0.3, 0.4) is 0 Å². The molecule has 0 amide bonds. The van der Waals surface area contributed by atoms with Crippen LogP contribution in [0.4, 0.5) is 0 Å². The molecule has 0 radical (unpaired) electrons. The summed E-state index contributed by atoms with van der Waals surface area (Å²) in [7, 11) is 0. The lowest BCUT2D eigenvalue weighted by molar-refractivity contribution is 0.0509. The normalized spacial score (nSPS) is 10.1. The van der Waals surface area contributed by atoms with Crippen molar-refractivity contribution in [1.82, 2.24) is 0 Å². The largest absolute Gasteiger partial charge is 0.462 e. The number of carbonyl (C=O) groups excluding carboxylic acids is 1. The molecule has 0 saturated carbocycles. The Labute approximate surface area is 115 Å². The number of ether oxygens (including phenoxy) is 1. The summed E-state index contributed by atoms with van der Waals surface area (Å²) in [4.78, 5) is 11.7. The Morgan fingerprint density at radius 1 is 1.06 bits per heavy atom. The van der Waals surface area contributed by atoms with E-state index in [1.165, 1.54) is 0 Å². The van der Waals surface area contributed by atoms with Gasteiger partial charge in [0.15, 0.2) is 0 Å². The molecule has 2 aromatic carbocycles. The minimum Gasteiger partial charge on any atom is -0.462 e. The number of hydrogen-bond acceptors (Lipinski definition) is 2. The van der Waals surface area contributed by atoms with Crippen LogP contribution in [-0.4, -0.2) is 12.6 Å². The standard InChI is InChI=1S/C15H13BrO2/c16-14-8-4-5-12(11-14)9-10-18-15(17)13-6-2-1-3-7-13/h1-8,11H,9-10H2. The van der Waals surface area contributed by atoms with Crippen LogP contribution in [0.2, 0.25) is 0 Å². The lowest BCUT2D eigenvalue weighted by Gasteiger charge is -2.05. The van der Waals surface area contributed by atoms with Gasteiger partial charge in [-0.1, -0.05) is 46.3 Å². The molecule has 0 unspecified atom stereocenters. The zero-order chi connectivity index (χ0) is 12.8. The Hall–Kier alpha value is -1.61. The first-order chi connectivity index (χ1) is 8.75. The van der Waals surface area contributed by atoms with Gasteiger partial charge in [0, 0.05) is 10.9 Å². The van der Waals surface area contributed by atoms with Crippen LogP contribution in [-0.2, 0) is 11.2 Å². The lowest BCUT2D eigenvalue weighted by Crippen LogP contribution is -2.07. The molecule has 0 aromatic heterocycles. The highest BCUT2D eigenvalue weighted by molar-refractivity contribution is 9.10. The van der Waals surface area contributed by atoms with Crippen molar-refractivity contribution < 1.29 is 9.53 Å². The van der Waals surface area contributed by atoms with Crippen molar-refractivity contribution in [2.75, 3.05) is 6.61 Å². The predicted octanol–water partition coefficient (Wildman–Crippen LogP) is 3.85. The van der Waals surface area contributed by atoms with Gasteiger partial charge in [-0.05, 0) is 29.8 Å². The third-order valence-corrected chi connectivity index (χ3v) is 3.02. The van der Waals surface area contributed by atoms with E-state index in [0.29, 0.717) is 12.2 Å². The molecule has 0 aliphatic rings. The number of rotatable bonds is 4. The van der Waals surface area contributed by atoms with Crippen LogP contribution in [0.25, 0.3) is 0 Å². The minimum atomic E-state index is -0.273. The minimum absolute atomic E-state index is 0.273. The second kappa shape index (κ2) is 6.36. The lowest BCUT2D eigenvalue weighted by atomic mass is 10.2. The highest BCUT2D eigenvalue weighted by atomic mass is 79.9. The number of hydrogen-bond donors (Lipinski definition) is 0. The molecule has 0 aliphatic carbocycles. The van der Waals surface area contributed by atoms with E-state index >= 15 is 0 Å². The molecule has 0 heterocycles. The van der Waals surface area contributed by atoms with E-state index < -0.39 is 0 Å². The van der Waals surface area contributed by atoms with E-state index in [0.717, 1.165) is 16.5 Å². The van der Waals surface area contributed by atoms with E-state index in [-0.39, 0.29) is 5.97 Å². The third kappa shape index (κ3) is 3.70. The van der Waals surface area contributed by atoms with Crippen molar-refractivity contribution in [1.29, 1.82) is 0 Å². The Bertz CT molecular complexity index is 523. The molecule has 2 nitrogen and oxygen atoms in total. The van der Waals surface area contributed by atoms with Gasteiger partial charge in [0.05, 0.1) is 12.2 Å². The zero-order valence-corrected chi connectivity index (χ0v) is 11.4. The van der Waals surface area contributed by atoms with Gasteiger partial charge in [-0.25, -0.2) is 4.79 Å². The summed E-state index contributed by atoms with van der Waals surface area (Å²) in [5, 5.41) is 0. The molecule has 2 aromatic rings. The molecular formula is C15H13BrO2. The molecule has 0 N–H and O–H groups in total. The van der Waals surface area contributed by atoms with Crippen molar-refractivity contribution in [3.05, 3.63) is 70.2 Å². The van der Waals surface area contributed by atoms with Crippen LogP contribution < -0.4 is 0 Å². The maximum Gasteiger partial charge on any atom is 0.338 e. The summed E-state index contributed by atoms with van der Waals surface area (Å²) < 4.78 is 6.25. The quantitative estimate of drug-likeness (QED) is 0.802. The molecule has 0 atom stereocenters. The van der Waals surface area contributed by atoms with Crippen LogP contribution in [0, 0.1) is 0 Å². The first-order valence-electron chi connectivity index (χ1n) is 5.72. The number of esters is 1. The highest BCUT2D eigenvalue weighted by Gasteiger charge is 2.05. The van der Waals surface area contributed by atoms with Crippen molar-refractivity contribution in [3.8, 4) is 0 Å². The van der Waals surface area contributed by atoms with Crippen LogP contribution >= 0.6 is 15.9 Å². The highest BCUT2D eigenvalue weighted by Crippen LogP contribution is 2.12. The van der Waals surface area contributed by atoms with Crippen molar-refractivity contribution in [2.45, 2.75) is 6.42 Å². The second-order valence-corrected chi connectivity index (χ2v) is 4.80. The van der Waals surface area contributed by atoms with Gasteiger partial charge in [-0.3, -0.25) is 0 Å². The van der Waals surface area contributed by atoms with Crippen LogP contribution in [0.1, 0.15) is 15.9 Å². The van der Waals surface area contributed by atoms with Gasteiger partial charge < -0.3 is 4.74 Å². The molecule has 0 fully saturated rings. The summed E-state index contributed by atoms with van der Waals surface area (Å²) in [6.07, 6.45) is 0.720. The fourth-order valence-corrected chi connectivity index (χ4v) is 2.06. The van der Waals surface area contributed by atoms with E-state index in [2.05, 4.69) is 15.9 Å². The predicted molar refractivity (Wildman–Crippen MR) is 74.6 cm³/mol. The summed E-state index contributed by atoms with van der Waals surface area (Å²) in [6, 6.07) is 17.0. The molecule has 0 saturated heterocycles. The van der Waals surface area contributed by atoms with Gasteiger partial charge in [0.25, 0.3) is 0 Å². The van der Waals surface area contributed by atoms with E-state index in [1.807, 2.05) is 42.5 Å². The Balaban J connectivity index is 1.84. The summed E-state index contributed by atoms with van der Waals surface area (Å²) in [5.41, 5.74) is 1.73. The van der Waals surface area contributed by atoms with Crippen molar-refractivity contribution in [2.24, 2.45) is 0 Å². The van der Waals surface area contributed by atoms with Gasteiger partial charge in [0.2, 0.25) is 0 Å². The van der Waals surface area contributed by atoms with Crippen LogP contribution in [0.15, 0.2) is 59.1 Å². The maximum absolute atomic E-state index is 11.7. The molecule has 0 aliphatic heterocycles. The van der Waals surface area contributed by atoms with E-state index in [9.17, 15) is 4.79 Å². The Morgan fingerprint density at radius 2 is 1.83 bits per heavy atom. The summed E-state index contributed by atoms with van der Waals surface area (Å²) in [6.45, 7) is 0.393. The zero-order valence-electron chi connectivity index (χ0n) is 9.80. The van der Waals surface area contributed by atoms with Gasteiger partial charge in [0.1, 0.15) is 0 Å². The Kier molecular flexibility index (Phi) is 4.53. The first kappa shape index (κ1) is 12.8. The average Bonchev–Trinajstić information content (AvgIpc) is 2.40. The SMILES string of the molecule is O=C(OCCc1cccc(Br)c1)c1ccccc1. The molecule has 3 heteroatoms. The van der Waals surface area contributed by atoms with Gasteiger partial charge in [-0.2, -0.15) is 0 Å². The average molecular weight is 305 g/mol. The third-order valence-electron chi connectivity index (χ3n) is 2.52. The van der Waals surface area contributed by atoms with Crippen LogP contribution in [0.5, 0.6) is 0 Å². The smallest absolute Gasteiger partial charge is 0.338 e. The maximum atomic E-state index is 11.7. The number of benzene rings is 2. The van der Waals surface area contributed by atoms with Crippen molar-refractivity contribution in [3.63, 3.8) is 0 Å². The molecular weight excluding hydrogens is 292 g/mol. The van der Waals surface area contributed by atoms with Gasteiger partial charge >= 0.3 is 5.97 Å². The molecule has 0 bridgehead atoms. The number of carbonyl (C=O) groups is 1.